The van der Waals surface area contributed by atoms with E-state index in [2.05, 4.69) is 36.4 Å². The van der Waals surface area contributed by atoms with E-state index in [1.165, 1.54) is 18.0 Å². The minimum atomic E-state index is -0.488. The number of esters is 1. The molecule has 0 unspecified atom stereocenters. The Morgan fingerprint density at radius 2 is 1.97 bits per heavy atom. The quantitative estimate of drug-likeness (QED) is 0.179. The van der Waals surface area contributed by atoms with Gasteiger partial charge in [0.1, 0.15) is 0 Å². The molecule has 8 nitrogen and oxygen atoms in total. The summed E-state index contributed by atoms with van der Waals surface area (Å²) in [6.45, 7) is 5.48. The zero-order valence-electron chi connectivity index (χ0n) is 16.6. The van der Waals surface area contributed by atoms with Crippen molar-refractivity contribution < 1.29 is 19.1 Å². The number of halogens is 2. The average Bonchev–Trinajstić information content (AvgIpc) is 2.65. The van der Waals surface area contributed by atoms with Crippen molar-refractivity contribution in [2.24, 2.45) is 5.10 Å². The maximum atomic E-state index is 12.0. The van der Waals surface area contributed by atoms with Gasteiger partial charge in [-0.3, -0.25) is 4.79 Å². The predicted octanol–water partition coefficient (Wildman–Crippen LogP) is 3.69. The predicted molar refractivity (Wildman–Crippen MR) is 119 cm³/mol. The number of aryl methyl sites for hydroxylation is 2. The second kappa shape index (κ2) is 11.9. The first kappa shape index (κ1) is 24.1. The number of benzene rings is 1. The molecule has 0 saturated carbocycles. The molecule has 11 heteroatoms. The van der Waals surface area contributed by atoms with Crippen molar-refractivity contribution in [3.8, 4) is 5.75 Å². The van der Waals surface area contributed by atoms with Crippen molar-refractivity contribution in [2.45, 2.75) is 25.9 Å². The van der Waals surface area contributed by atoms with Crippen LogP contribution in [0.25, 0.3) is 0 Å². The Morgan fingerprint density at radius 3 is 2.60 bits per heavy atom. The fourth-order valence-electron chi connectivity index (χ4n) is 2.22. The van der Waals surface area contributed by atoms with Crippen LogP contribution in [0.5, 0.6) is 5.75 Å². The topological polar surface area (TPSA) is 103 Å². The van der Waals surface area contributed by atoms with Gasteiger partial charge in [0, 0.05) is 11.4 Å². The number of hydrazone groups is 1. The third-order valence-corrected chi connectivity index (χ3v) is 5.07. The van der Waals surface area contributed by atoms with Gasteiger partial charge in [-0.2, -0.15) is 5.10 Å². The van der Waals surface area contributed by atoms with E-state index in [-0.39, 0.29) is 29.9 Å². The molecule has 0 atom stereocenters. The van der Waals surface area contributed by atoms with Crippen molar-refractivity contribution in [3.05, 3.63) is 44.6 Å². The van der Waals surface area contributed by atoms with Gasteiger partial charge in [-0.1, -0.05) is 23.4 Å². The molecule has 0 radical (unpaired) electrons. The van der Waals surface area contributed by atoms with Crippen LogP contribution in [0.15, 0.2) is 32.9 Å². The largest absolute Gasteiger partial charge is 0.479 e. The lowest BCUT2D eigenvalue weighted by atomic mass is 10.2. The van der Waals surface area contributed by atoms with Gasteiger partial charge in [-0.15, -0.1) is 0 Å². The number of rotatable bonds is 9. The fourth-order valence-corrected chi connectivity index (χ4v) is 3.96. The zero-order chi connectivity index (χ0) is 22.1. The van der Waals surface area contributed by atoms with E-state index in [4.69, 9.17) is 21.1 Å². The number of hydrogen-bond donors (Lipinski definition) is 1. The number of nitrogens with zero attached hydrogens (tertiary/aromatic N) is 3. The van der Waals surface area contributed by atoms with Gasteiger partial charge >= 0.3 is 5.97 Å². The van der Waals surface area contributed by atoms with E-state index in [9.17, 15) is 9.59 Å². The molecule has 1 amide bonds. The summed E-state index contributed by atoms with van der Waals surface area (Å²) < 4.78 is 10.7. The van der Waals surface area contributed by atoms with Gasteiger partial charge < -0.3 is 9.47 Å². The molecule has 0 aliphatic rings. The van der Waals surface area contributed by atoms with Gasteiger partial charge in [0.2, 0.25) is 0 Å². The highest BCUT2D eigenvalue weighted by Crippen LogP contribution is 2.34. The molecule has 0 fully saturated rings. The van der Waals surface area contributed by atoms with E-state index < -0.39 is 5.97 Å². The molecule has 160 valence electrons. The van der Waals surface area contributed by atoms with Crippen molar-refractivity contribution in [1.29, 1.82) is 0 Å². The first-order valence-corrected chi connectivity index (χ1v) is 11.0. The number of carbonyl (C=O) groups excluding carboxylic acids is 2. The van der Waals surface area contributed by atoms with E-state index in [1.807, 2.05) is 19.9 Å². The van der Waals surface area contributed by atoms with Crippen LogP contribution >= 0.6 is 39.3 Å². The van der Waals surface area contributed by atoms with Crippen LogP contribution in [-0.4, -0.2) is 47.0 Å². The number of hydrogen-bond acceptors (Lipinski definition) is 8. The standard InChI is InChI=1S/C19H20BrClN4O4S/c1-4-28-17(27)9-29-18-14(20)6-13(7-15(18)21)8-22-25-16(26)10-30-19-23-11(2)5-12(3)24-19/h5-8H,4,9-10H2,1-3H3,(H,25,26)/b22-8-. The second-order valence-electron chi connectivity index (χ2n) is 5.92. The van der Waals surface area contributed by atoms with Crippen LogP contribution in [-0.2, 0) is 14.3 Å². The fraction of sp³-hybridized carbons (Fsp3) is 0.316. The monoisotopic (exact) mass is 514 g/mol. The molecule has 0 spiro atoms. The van der Waals surface area contributed by atoms with E-state index in [0.29, 0.717) is 20.9 Å². The Hall–Kier alpha value is -2.17. The smallest absolute Gasteiger partial charge is 0.344 e. The number of aromatic nitrogens is 2. The summed E-state index contributed by atoms with van der Waals surface area (Å²) in [7, 11) is 0. The number of carbonyl (C=O) groups is 2. The minimum absolute atomic E-state index is 0.130. The summed E-state index contributed by atoms with van der Waals surface area (Å²) in [6.07, 6.45) is 1.45. The molecular formula is C19H20BrClN4O4S. The molecular weight excluding hydrogens is 496 g/mol. The Bertz CT molecular complexity index is 915. The van der Waals surface area contributed by atoms with E-state index in [1.54, 1.807) is 19.1 Å². The number of nitrogens with one attached hydrogen (secondary N) is 1. The molecule has 1 N–H and O–H groups in total. The lowest BCUT2D eigenvalue weighted by molar-refractivity contribution is -0.145. The van der Waals surface area contributed by atoms with Crippen LogP contribution in [0.4, 0.5) is 0 Å². The van der Waals surface area contributed by atoms with Crippen molar-refractivity contribution in [1.82, 2.24) is 15.4 Å². The first-order valence-electron chi connectivity index (χ1n) is 8.83. The SMILES string of the molecule is CCOC(=O)COc1c(Cl)cc(/C=N\NC(=O)CSc2nc(C)cc(C)n2)cc1Br. The number of amides is 1. The molecule has 1 aromatic carbocycles. The Balaban J connectivity index is 1.89. The maximum Gasteiger partial charge on any atom is 0.344 e. The molecule has 2 aromatic rings. The van der Waals surface area contributed by atoms with Crippen LogP contribution in [0.3, 0.4) is 0 Å². The molecule has 1 heterocycles. The lowest BCUT2D eigenvalue weighted by Gasteiger charge is -2.10. The summed E-state index contributed by atoms with van der Waals surface area (Å²) >= 11 is 10.8. The highest BCUT2D eigenvalue weighted by atomic mass is 79.9. The van der Waals surface area contributed by atoms with Crippen LogP contribution < -0.4 is 10.2 Å². The summed E-state index contributed by atoms with van der Waals surface area (Å²) in [4.78, 5) is 31.9. The highest BCUT2D eigenvalue weighted by Gasteiger charge is 2.12. The summed E-state index contributed by atoms with van der Waals surface area (Å²) in [5, 5.41) is 4.75. The van der Waals surface area contributed by atoms with Gasteiger partial charge in [0.05, 0.1) is 28.1 Å². The highest BCUT2D eigenvalue weighted by molar-refractivity contribution is 9.10. The Kier molecular flexibility index (Phi) is 9.54. The summed E-state index contributed by atoms with van der Waals surface area (Å²) in [5.41, 5.74) is 4.76. The van der Waals surface area contributed by atoms with E-state index >= 15 is 0 Å². The van der Waals surface area contributed by atoms with Gasteiger partial charge in [0.25, 0.3) is 5.91 Å². The van der Waals surface area contributed by atoms with Crippen LogP contribution in [0.2, 0.25) is 5.02 Å². The number of thioether (sulfide) groups is 1. The van der Waals surface area contributed by atoms with E-state index in [0.717, 1.165) is 11.4 Å². The van der Waals surface area contributed by atoms with Gasteiger partial charge in [-0.05, 0) is 60.5 Å². The summed E-state index contributed by atoms with van der Waals surface area (Å²) in [5.74, 6) is -0.335. The van der Waals surface area contributed by atoms with Gasteiger partial charge in [-0.25, -0.2) is 20.2 Å². The normalized spacial score (nSPS) is 10.8. The second-order valence-corrected chi connectivity index (χ2v) is 8.13. The first-order chi connectivity index (χ1) is 14.3. The van der Waals surface area contributed by atoms with Crippen LogP contribution in [0.1, 0.15) is 23.9 Å². The molecule has 0 aliphatic carbocycles. The van der Waals surface area contributed by atoms with Crippen LogP contribution in [0, 0.1) is 13.8 Å². The average molecular weight is 516 g/mol. The third kappa shape index (κ3) is 7.92. The van der Waals surface area contributed by atoms with Crippen molar-refractivity contribution >= 4 is 57.4 Å². The molecule has 0 bridgehead atoms. The molecule has 0 saturated heterocycles. The number of ether oxygens (including phenoxy) is 2. The van der Waals surface area contributed by atoms with Crippen molar-refractivity contribution in [3.63, 3.8) is 0 Å². The Morgan fingerprint density at radius 1 is 1.27 bits per heavy atom. The zero-order valence-corrected chi connectivity index (χ0v) is 19.7. The molecule has 2 rings (SSSR count). The molecule has 1 aromatic heterocycles. The van der Waals surface area contributed by atoms with Crippen molar-refractivity contribution in [2.75, 3.05) is 19.0 Å². The lowest BCUT2D eigenvalue weighted by Crippen LogP contribution is -2.19. The third-order valence-electron chi connectivity index (χ3n) is 3.36. The minimum Gasteiger partial charge on any atom is -0.479 e. The Labute approximate surface area is 191 Å². The maximum absolute atomic E-state index is 12.0. The van der Waals surface area contributed by atoms with Gasteiger partial charge in [0.15, 0.2) is 17.5 Å². The molecule has 0 aliphatic heterocycles. The molecule has 30 heavy (non-hydrogen) atoms. The summed E-state index contributed by atoms with van der Waals surface area (Å²) in [6, 6.07) is 5.16.